The highest BCUT2D eigenvalue weighted by Gasteiger charge is 2.47. The Morgan fingerprint density at radius 1 is 1.30 bits per heavy atom. The first-order valence-corrected chi connectivity index (χ1v) is 9.63. The molecule has 2 aromatic heterocycles. The van der Waals surface area contributed by atoms with E-state index in [1.807, 2.05) is 0 Å². The zero-order chi connectivity index (χ0) is 20.1. The predicted molar refractivity (Wildman–Crippen MR) is 90.1 cm³/mol. The van der Waals surface area contributed by atoms with Crippen molar-refractivity contribution in [1.29, 1.82) is 5.41 Å². The second kappa shape index (κ2) is 6.74. The van der Waals surface area contributed by atoms with Gasteiger partial charge in [-0.15, -0.1) is 0 Å². The first-order chi connectivity index (χ1) is 12.4. The van der Waals surface area contributed by atoms with Crippen LogP contribution in [0, 0.1) is 5.41 Å². The van der Waals surface area contributed by atoms with Crippen molar-refractivity contribution < 1.29 is 33.8 Å². The molecule has 0 unspecified atom stereocenters. The molecule has 13 heteroatoms. The molecule has 4 atom stereocenters. The van der Waals surface area contributed by atoms with Gasteiger partial charge in [-0.1, -0.05) is 0 Å². The molecule has 0 aliphatic carbocycles. The van der Waals surface area contributed by atoms with E-state index < -0.39 is 38.0 Å². The van der Waals surface area contributed by atoms with Crippen molar-refractivity contribution in [2.45, 2.75) is 50.4 Å². The molecule has 0 aromatic carbocycles. The number of hydrogen-bond acceptors (Lipinski definition) is 8. The van der Waals surface area contributed by atoms with Gasteiger partial charge in [0.15, 0.2) is 17.4 Å². The summed E-state index contributed by atoms with van der Waals surface area (Å²) in [6.45, 7) is 2.89. The van der Waals surface area contributed by atoms with Gasteiger partial charge < -0.3 is 29.3 Å². The van der Waals surface area contributed by atoms with Gasteiger partial charge in [-0.05, 0) is 13.8 Å². The standard InChI is InChI=1S/C14H22N5O7P/c1-14(2,26-27(22,23)24)4-7-9(20)10(21)13(25-7)19-6-16-8-11(15)18(3)5-17-12(8)19/h5-7,9-10,13,15,20-21H,4H2,1-3H3,(H2,22,23,24)/t7-,9-,10-,13-/m1/s1. The molecule has 1 aliphatic rings. The number of aryl methyl sites for hydroxylation is 1. The average molecular weight is 403 g/mol. The van der Waals surface area contributed by atoms with Gasteiger partial charge in [0.25, 0.3) is 0 Å². The lowest BCUT2D eigenvalue weighted by atomic mass is 9.97. The SMILES string of the molecule is Cn1cnc2c(ncn2[C@@H]2O[C@H](CC(C)(C)OP(=O)(O)O)[C@@H](O)[C@H]2O)c1=N. The fourth-order valence-electron chi connectivity index (χ4n) is 3.17. The first-order valence-electron chi connectivity index (χ1n) is 8.10. The van der Waals surface area contributed by atoms with Crippen molar-refractivity contribution in [3.8, 4) is 0 Å². The maximum absolute atomic E-state index is 11.1. The van der Waals surface area contributed by atoms with E-state index in [0.717, 1.165) is 0 Å². The summed E-state index contributed by atoms with van der Waals surface area (Å²) >= 11 is 0. The van der Waals surface area contributed by atoms with Gasteiger partial charge in [-0.25, -0.2) is 14.5 Å². The third-order valence-electron chi connectivity index (χ3n) is 4.37. The van der Waals surface area contributed by atoms with Gasteiger partial charge in [-0.2, -0.15) is 0 Å². The van der Waals surface area contributed by atoms with E-state index in [0.29, 0.717) is 11.2 Å². The number of imidazole rings is 1. The molecule has 0 bridgehead atoms. The Morgan fingerprint density at radius 2 is 1.96 bits per heavy atom. The normalized spacial score (nSPS) is 26.8. The number of hydrogen-bond donors (Lipinski definition) is 5. The molecule has 0 amide bonds. The largest absolute Gasteiger partial charge is 0.470 e. The summed E-state index contributed by atoms with van der Waals surface area (Å²) in [4.78, 5) is 26.3. The number of rotatable bonds is 5. The molecule has 150 valence electrons. The number of aliphatic hydroxyl groups is 2. The molecule has 0 saturated carbocycles. The van der Waals surface area contributed by atoms with Gasteiger partial charge in [0, 0.05) is 13.5 Å². The minimum Gasteiger partial charge on any atom is -0.388 e. The molecule has 0 radical (unpaired) electrons. The smallest absolute Gasteiger partial charge is 0.388 e. The van der Waals surface area contributed by atoms with Crippen molar-refractivity contribution in [2.24, 2.45) is 7.05 Å². The van der Waals surface area contributed by atoms with Crippen molar-refractivity contribution in [3.05, 3.63) is 18.1 Å². The molecule has 12 nitrogen and oxygen atoms in total. The molecule has 3 rings (SSSR count). The summed E-state index contributed by atoms with van der Waals surface area (Å²) < 4.78 is 24.5. The van der Waals surface area contributed by atoms with Gasteiger partial charge in [0.1, 0.15) is 17.7 Å². The summed E-state index contributed by atoms with van der Waals surface area (Å²) in [5.41, 5.74) is -0.574. The summed E-state index contributed by atoms with van der Waals surface area (Å²) in [6, 6.07) is 0. The monoisotopic (exact) mass is 403 g/mol. The molecule has 1 aliphatic heterocycles. The second-order valence-corrected chi connectivity index (χ2v) is 8.28. The zero-order valence-electron chi connectivity index (χ0n) is 14.9. The Kier molecular flexibility index (Phi) is 5.02. The lowest BCUT2D eigenvalue weighted by Gasteiger charge is -2.29. The van der Waals surface area contributed by atoms with Crippen LogP contribution in [0.5, 0.6) is 0 Å². The lowest BCUT2D eigenvalue weighted by Crippen LogP contribution is -2.37. The number of aromatic nitrogens is 4. The van der Waals surface area contributed by atoms with E-state index in [4.69, 9.17) is 24.5 Å². The molecule has 0 spiro atoms. The number of aliphatic hydroxyl groups excluding tert-OH is 2. The van der Waals surface area contributed by atoms with Crippen LogP contribution < -0.4 is 5.49 Å². The van der Waals surface area contributed by atoms with E-state index in [9.17, 15) is 14.8 Å². The summed E-state index contributed by atoms with van der Waals surface area (Å²) in [7, 11) is -3.08. The third kappa shape index (κ3) is 3.97. The molecular weight excluding hydrogens is 381 g/mol. The van der Waals surface area contributed by atoms with Crippen LogP contribution in [-0.2, 0) is 20.9 Å². The van der Waals surface area contributed by atoms with E-state index in [2.05, 4.69) is 9.97 Å². The molecule has 5 N–H and O–H groups in total. The maximum atomic E-state index is 11.1. The topological polar surface area (TPSA) is 176 Å². The zero-order valence-corrected chi connectivity index (χ0v) is 15.8. The van der Waals surface area contributed by atoms with Crippen LogP contribution in [0.1, 0.15) is 26.5 Å². The van der Waals surface area contributed by atoms with E-state index in [1.54, 1.807) is 7.05 Å². The van der Waals surface area contributed by atoms with Crippen LogP contribution in [0.15, 0.2) is 12.7 Å². The van der Waals surface area contributed by atoms with Gasteiger partial charge in [0.05, 0.1) is 24.4 Å². The number of ether oxygens (including phenoxy) is 1. The Hall–Kier alpha value is -1.66. The number of fused-ring (bicyclic) bond motifs is 1. The van der Waals surface area contributed by atoms with E-state index in [1.165, 1.54) is 35.6 Å². The summed E-state index contributed by atoms with van der Waals surface area (Å²) in [5, 5.41) is 28.8. The van der Waals surface area contributed by atoms with Gasteiger partial charge in [-0.3, -0.25) is 14.5 Å². The third-order valence-corrected chi connectivity index (χ3v) is 5.10. The maximum Gasteiger partial charge on any atom is 0.470 e. The minimum absolute atomic E-state index is 0.0778. The predicted octanol–water partition coefficient (Wildman–Crippen LogP) is -0.854. The van der Waals surface area contributed by atoms with Crippen LogP contribution in [0.4, 0.5) is 0 Å². The van der Waals surface area contributed by atoms with Crippen LogP contribution in [0.2, 0.25) is 0 Å². The Labute approximate surface area is 153 Å². The Morgan fingerprint density at radius 3 is 2.59 bits per heavy atom. The van der Waals surface area contributed by atoms with Crippen molar-refractivity contribution >= 4 is 19.0 Å². The molecule has 2 aromatic rings. The molecular formula is C14H22N5O7P. The molecule has 1 saturated heterocycles. The molecule has 3 heterocycles. The number of nitrogens with zero attached hydrogens (tertiary/aromatic N) is 4. The van der Waals surface area contributed by atoms with E-state index in [-0.39, 0.29) is 11.9 Å². The number of phosphoric ester groups is 1. The number of phosphoric acid groups is 1. The van der Waals surface area contributed by atoms with Gasteiger partial charge in [0.2, 0.25) is 0 Å². The van der Waals surface area contributed by atoms with Crippen molar-refractivity contribution in [2.75, 3.05) is 0 Å². The van der Waals surface area contributed by atoms with Crippen LogP contribution >= 0.6 is 7.82 Å². The Bertz CT molecular complexity index is 951. The summed E-state index contributed by atoms with van der Waals surface area (Å²) in [5.74, 6) is 0. The Balaban J connectivity index is 1.87. The number of nitrogens with one attached hydrogen (secondary N) is 1. The summed E-state index contributed by atoms with van der Waals surface area (Å²) in [6.07, 6.45) is -1.92. The lowest BCUT2D eigenvalue weighted by molar-refractivity contribution is -0.0629. The van der Waals surface area contributed by atoms with Crippen LogP contribution in [-0.4, -0.2) is 63.0 Å². The van der Waals surface area contributed by atoms with Crippen LogP contribution in [0.25, 0.3) is 11.2 Å². The quantitative estimate of drug-likeness (QED) is 0.398. The van der Waals surface area contributed by atoms with E-state index >= 15 is 0 Å². The molecule has 1 fully saturated rings. The highest BCUT2D eigenvalue weighted by Crippen LogP contribution is 2.44. The highest BCUT2D eigenvalue weighted by atomic mass is 31.2. The average Bonchev–Trinajstić information content (AvgIpc) is 3.05. The molecule has 27 heavy (non-hydrogen) atoms. The highest BCUT2D eigenvalue weighted by molar-refractivity contribution is 7.46. The first kappa shape index (κ1) is 20.1. The van der Waals surface area contributed by atoms with Crippen molar-refractivity contribution in [3.63, 3.8) is 0 Å². The minimum atomic E-state index is -4.73. The fraction of sp³-hybridized carbons (Fsp3) is 0.643. The second-order valence-electron chi connectivity index (χ2n) is 7.12. The van der Waals surface area contributed by atoms with Crippen LogP contribution in [0.3, 0.4) is 0 Å². The fourth-order valence-corrected chi connectivity index (χ4v) is 3.89. The van der Waals surface area contributed by atoms with Crippen molar-refractivity contribution in [1.82, 2.24) is 19.1 Å². The van der Waals surface area contributed by atoms with Gasteiger partial charge >= 0.3 is 7.82 Å².